The second-order valence-corrected chi connectivity index (χ2v) is 5.27. The molecule has 2 N–H and O–H groups in total. The zero-order valence-electron chi connectivity index (χ0n) is 12.7. The van der Waals surface area contributed by atoms with Crippen LogP contribution in [0.1, 0.15) is 37.9 Å². The summed E-state index contributed by atoms with van der Waals surface area (Å²) in [6.45, 7) is 5.12. The van der Waals surface area contributed by atoms with Crippen molar-refractivity contribution in [2.75, 3.05) is 6.61 Å². The van der Waals surface area contributed by atoms with Crippen LogP contribution in [0.4, 0.5) is 4.39 Å². The van der Waals surface area contributed by atoms with Gasteiger partial charge in [0.15, 0.2) is 18.1 Å². The number of amides is 1. The lowest BCUT2D eigenvalue weighted by Gasteiger charge is -2.13. The maximum absolute atomic E-state index is 14.2. The molecule has 2 aromatic rings. The molecule has 7 heteroatoms. The van der Waals surface area contributed by atoms with Crippen molar-refractivity contribution in [3.63, 3.8) is 0 Å². The summed E-state index contributed by atoms with van der Waals surface area (Å²) in [5.41, 5.74) is 5.38. The molecule has 0 spiro atoms. The van der Waals surface area contributed by atoms with E-state index in [1.807, 2.05) is 13.8 Å². The lowest BCUT2D eigenvalue weighted by atomic mass is 10.1. The molecule has 22 heavy (non-hydrogen) atoms. The second-order valence-electron chi connectivity index (χ2n) is 5.27. The molecule has 118 valence electrons. The van der Waals surface area contributed by atoms with Crippen molar-refractivity contribution in [1.82, 2.24) is 9.38 Å². The van der Waals surface area contributed by atoms with E-state index in [2.05, 4.69) is 4.98 Å². The fraction of sp³-hybridized carbons (Fsp3) is 0.400. The van der Waals surface area contributed by atoms with Crippen molar-refractivity contribution < 1.29 is 13.9 Å². The molecule has 0 fully saturated rings. The van der Waals surface area contributed by atoms with Gasteiger partial charge in [0.05, 0.1) is 5.69 Å². The molecule has 0 aliphatic heterocycles. The van der Waals surface area contributed by atoms with Crippen LogP contribution < -0.4 is 16.0 Å². The lowest BCUT2D eigenvalue weighted by molar-refractivity contribution is -0.119. The summed E-state index contributed by atoms with van der Waals surface area (Å²) >= 11 is 0. The van der Waals surface area contributed by atoms with E-state index in [0.29, 0.717) is 17.7 Å². The highest BCUT2D eigenvalue weighted by atomic mass is 19.1. The molecule has 0 aliphatic rings. The van der Waals surface area contributed by atoms with Gasteiger partial charge in [-0.05, 0) is 24.0 Å². The number of halogens is 1. The van der Waals surface area contributed by atoms with Crippen molar-refractivity contribution in [3.05, 3.63) is 39.7 Å². The summed E-state index contributed by atoms with van der Waals surface area (Å²) in [5, 5.41) is 0. The van der Waals surface area contributed by atoms with Crippen LogP contribution >= 0.6 is 0 Å². The molecule has 2 rings (SSSR count). The van der Waals surface area contributed by atoms with Crippen molar-refractivity contribution in [3.8, 4) is 5.75 Å². The van der Waals surface area contributed by atoms with E-state index in [1.54, 1.807) is 6.92 Å². The van der Waals surface area contributed by atoms with Gasteiger partial charge in [-0.3, -0.25) is 14.0 Å². The standard InChI is InChI=1S/C15H18FN3O3/c1-4-11-13(22-7-12(17)20)15(21)19-6-9(8(2)3)5-10(16)14(19)18-11/h5-6,8H,4,7H2,1-3H3,(H2,17,20). The number of carbonyl (C=O) groups is 1. The van der Waals surface area contributed by atoms with E-state index in [-0.39, 0.29) is 17.3 Å². The highest BCUT2D eigenvalue weighted by molar-refractivity contribution is 5.75. The minimum Gasteiger partial charge on any atom is -0.476 e. The second kappa shape index (κ2) is 6.13. The van der Waals surface area contributed by atoms with E-state index in [4.69, 9.17) is 10.5 Å². The largest absolute Gasteiger partial charge is 0.476 e. The molecule has 0 radical (unpaired) electrons. The number of pyridine rings is 1. The van der Waals surface area contributed by atoms with E-state index >= 15 is 0 Å². The number of ether oxygens (including phenoxy) is 1. The Hall–Kier alpha value is -2.44. The topological polar surface area (TPSA) is 86.7 Å². The van der Waals surface area contributed by atoms with Crippen LogP contribution in [0.3, 0.4) is 0 Å². The number of aromatic nitrogens is 2. The number of primary amides is 1. The van der Waals surface area contributed by atoms with Crippen LogP contribution in [0.25, 0.3) is 5.65 Å². The van der Waals surface area contributed by atoms with Gasteiger partial charge in [0.25, 0.3) is 5.91 Å². The number of nitrogens with two attached hydrogens (primary N) is 1. The van der Waals surface area contributed by atoms with E-state index < -0.39 is 23.9 Å². The molecule has 0 bridgehead atoms. The van der Waals surface area contributed by atoms with Gasteiger partial charge in [0, 0.05) is 6.20 Å². The predicted molar refractivity (Wildman–Crippen MR) is 79.6 cm³/mol. The molecule has 1 amide bonds. The maximum Gasteiger partial charge on any atom is 0.300 e. The monoisotopic (exact) mass is 307 g/mol. The summed E-state index contributed by atoms with van der Waals surface area (Å²) < 4.78 is 20.5. The Kier molecular flexibility index (Phi) is 4.44. The molecule has 6 nitrogen and oxygen atoms in total. The molecule has 0 saturated carbocycles. The summed E-state index contributed by atoms with van der Waals surface area (Å²) in [6.07, 6.45) is 1.90. The minimum atomic E-state index is -0.700. The van der Waals surface area contributed by atoms with Crippen molar-refractivity contribution in [2.45, 2.75) is 33.1 Å². The Labute approximate surface area is 126 Å². The Morgan fingerprint density at radius 3 is 2.73 bits per heavy atom. The fourth-order valence-corrected chi connectivity index (χ4v) is 2.09. The number of rotatable bonds is 5. The van der Waals surface area contributed by atoms with Crippen LogP contribution in [0.5, 0.6) is 5.75 Å². The quantitative estimate of drug-likeness (QED) is 0.904. The van der Waals surface area contributed by atoms with Crippen LogP contribution in [-0.4, -0.2) is 21.9 Å². The number of aryl methyl sites for hydroxylation is 1. The molecule has 0 aromatic carbocycles. The van der Waals surface area contributed by atoms with Gasteiger partial charge in [0.1, 0.15) is 0 Å². The molecule has 0 atom stereocenters. The van der Waals surface area contributed by atoms with Crippen LogP contribution in [-0.2, 0) is 11.2 Å². The first-order chi connectivity index (χ1) is 10.3. The number of hydrogen-bond acceptors (Lipinski definition) is 4. The third-order valence-electron chi connectivity index (χ3n) is 3.29. The van der Waals surface area contributed by atoms with Crippen molar-refractivity contribution >= 4 is 11.6 Å². The van der Waals surface area contributed by atoms with Gasteiger partial charge in [-0.1, -0.05) is 20.8 Å². The molecule has 0 saturated heterocycles. The minimum absolute atomic E-state index is 0.0478. The first kappa shape index (κ1) is 15.9. The molecule has 0 aliphatic carbocycles. The number of nitrogens with zero attached hydrogens (tertiary/aromatic N) is 2. The third-order valence-corrected chi connectivity index (χ3v) is 3.29. The SMILES string of the molecule is CCc1nc2c(F)cc(C(C)C)cn2c(=O)c1OCC(N)=O. The highest BCUT2D eigenvalue weighted by Gasteiger charge is 2.17. The molecule has 2 aromatic heterocycles. The van der Waals surface area contributed by atoms with Gasteiger partial charge in [0.2, 0.25) is 5.75 Å². The average molecular weight is 307 g/mol. The molecule has 0 unspecified atom stereocenters. The maximum atomic E-state index is 14.2. The Morgan fingerprint density at radius 2 is 2.18 bits per heavy atom. The Balaban J connectivity index is 2.72. The number of fused-ring (bicyclic) bond motifs is 1. The summed E-state index contributed by atoms with van der Waals surface area (Å²) in [6, 6.07) is 1.37. The van der Waals surface area contributed by atoms with Crippen LogP contribution in [0.15, 0.2) is 17.1 Å². The van der Waals surface area contributed by atoms with Crippen LogP contribution in [0.2, 0.25) is 0 Å². The van der Waals surface area contributed by atoms with Gasteiger partial charge in [-0.15, -0.1) is 0 Å². The van der Waals surface area contributed by atoms with Crippen LogP contribution in [0, 0.1) is 5.82 Å². The molecular weight excluding hydrogens is 289 g/mol. The lowest BCUT2D eigenvalue weighted by Crippen LogP contribution is -2.26. The molecule has 2 heterocycles. The zero-order valence-corrected chi connectivity index (χ0v) is 12.7. The van der Waals surface area contributed by atoms with E-state index in [1.165, 1.54) is 12.3 Å². The fourth-order valence-electron chi connectivity index (χ4n) is 2.09. The van der Waals surface area contributed by atoms with Gasteiger partial charge in [-0.25, -0.2) is 9.37 Å². The highest BCUT2D eigenvalue weighted by Crippen LogP contribution is 2.20. The first-order valence-corrected chi connectivity index (χ1v) is 7.00. The molecular formula is C15H18FN3O3. The summed E-state index contributed by atoms with van der Waals surface area (Å²) in [4.78, 5) is 27.5. The summed E-state index contributed by atoms with van der Waals surface area (Å²) in [7, 11) is 0. The first-order valence-electron chi connectivity index (χ1n) is 7.00. The van der Waals surface area contributed by atoms with E-state index in [9.17, 15) is 14.0 Å². The van der Waals surface area contributed by atoms with E-state index in [0.717, 1.165) is 4.40 Å². The predicted octanol–water partition coefficient (Wildman–Crippen LogP) is 1.38. The normalized spacial score (nSPS) is 11.1. The number of hydrogen-bond donors (Lipinski definition) is 1. The van der Waals surface area contributed by atoms with Gasteiger partial charge in [-0.2, -0.15) is 0 Å². The van der Waals surface area contributed by atoms with Crippen molar-refractivity contribution in [1.29, 1.82) is 0 Å². The zero-order chi connectivity index (χ0) is 16.4. The number of carbonyl (C=O) groups excluding carboxylic acids is 1. The third kappa shape index (κ3) is 2.93. The van der Waals surface area contributed by atoms with Gasteiger partial charge < -0.3 is 10.5 Å². The summed E-state index contributed by atoms with van der Waals surface area (Å²) in [5.74, 6) is -1.29. The van der Waals surface area contributed by atoms with Gasteiger partial charge >= 0.3 is 5.56 Å². The average Bonchev–Trinajstić information content (AvgIpc) is 2.46. The van der Waals surface area contributed by atoms with Crippen molar-refractivity contribution in [2.24, 2.45) is 5.73 Å². The smallest absolute Gasteiger partial charge is 0.300 e. The Morgan fingerprint density at radius 1 is 1.50 bits per heavy atom. The Bertz CT molecular complexity index is 784.